The van der Waals surface area contributed by atoms with Crippen molar-refractivity contribution in [1.82, 2.24) is 10.2 Å². The lowest BCUT2D eigenvalue weighted by Crippen LogP contribution is -2.47. The van der Waals surface area contributed by atoms with E-state index in [4.69, 9.17) is 16.7 Å². The van der Waals surface area contributed by atoms with Gasteiger partial charge in [-0.2, -0.15) is 0 Å². The third kappa shape index (κ3) is 5.63. The van der Waals surface area contributed by atoms with Gasteiger partial charge < -0.3 is 15.3 Å². The number of nitrogens with zero attached hydrogens (tertiary/aromatic N) is 1. The quantitative estimate of drug-likeness (QED) is 0.754. The summed E-state index contributed by atoms with van der Waals surface area (Å²) in [6.07, 6.45) is 6.00. The molecule has 0 heterocycles. The number of carboxylic acids is 1. The molecule has 26 heavy (non-hydrogen) atoms. The normalized spacial score (nSPS) is 22.7. The van der Waals surface area contributed by atoms with Crippen LogP contribution in [-0.4, -0.2) is 41.1 Å². The highest BCUT2D eigenvalue weighted by Gasteiger charge is 2.30. The van der Waals surface area contributed by atoms with Gasteiger partial charge in [-0.05, 0) is 68.6 Å². The molecule has 0 bridgehead atoms. The second kappa shape index (κ2) is 8.76. The fourth-order valence-corrected chi connectivity index (χ4v) is 3.68. The van der Waals surface area contributed by atoms with Crippen molar-refractivity contribution in [2.24, 2.45) is 11.8 Å². The molecule has 2 fully saturated rings. The first-order chi connectivity index (χ1) is 12.5. The van der Waals surface area contributed by atoms with Gasteiger partial charge in [-0.25, -0.2) is 4.79 Å². The lowest BCUT2D eigenvalue weighted by molar-refractivity contribution is -0.142. The molecule has 142 valence electrons. The Labute approximate surface area is 159 Å². The molecule has 2 aliphatic rings. The van der Waals surface area contributed by atoms with Crippen molar-refractivity contribution in [2.75, 3.05) is 13.1 Å². The van der Waals surface area contributed by atoms with Gasteiger partial charge in [0.15, 0.2) is 0 Å². The summed E-state index contributed by atoms with van der Waals surface area (Å²) in [5, 5.41) is 12.9. The molecular formula is C20H27ClN2O3. The zero-order valence-corrected chi connectivity index (χ0v) is 15.8. The third-order valence-corrected chi connectivity index (χ3v) is 5.70. The molecule has 2 aliphatic carbocycles. The lowest BCUT2D eigenvalue weighted by Gasteiger charge is -2.30. The number of benzene rings is 1. The Morgan fingerprint density at radius 3 is 2.31 bits per heavy atom. The van der Waals surface area contributed by atoms with E-state index in [0.29, 0.717) is 25.3 Å². The molecule has 0 atom stereocenters. The van der Waals surface area contributed by atoms with Crippen LogP contribution in [0.3, 0.4) is 0 Å². The molecule has 0 aromatic heterocycles. The first-order valence-electron chi connectivity index (χ1n) is 9.54. The number of nitrogens with one attached hydrogen (secondary N) is 1. The summed E-state index contributed by atoms with van der Waals surface area (Å²) in [4.78, 5) is 25.7. The maximum Gasteiger partial charge on any atom is 0.317 e. The Morgan fingerprint density at radius 2 is 1.73 bits per heavy atom. The van der Waals surface area contributed by atoms with Crippen molar-refractivity contribution >= 4 is 23.6 Å². The molecule has 2 N–H and O–H groups in total. The van der Waals surface area contributed by atoms with Crippen LogP contribution in [0.15, 0.2) is 24.3 Å². The van der Waals surface area contributed by atoms with Crippen LogP contribution < -0.4 is 5.32 Å². The zero-order valence-electron chi connectivity index (χ0n) is 15.0. The average Bonchev–Trinajstić information content (AvgIpc) is 3.44. The number of rotatable bonds is 7. The van der Waals surface area contributed by atoms with E-state index in [0.717, 1.165) is 30.8 Å². The zero-order chi connectivity index (χ0) is 18.5. The fourth-order valence-electron chi connectivity index (χ4n) is 3.55. The SMILES string of the molecule is O=C(O)C1CCC(NC(=O)N(CCc2ccc(Cl)cc2)CC2CC2)CC1. The lowest BCUT2D eigenvalue weighted by atomic mass is 9.86. The fraction of sp³-hybridized carbons (Fsp3) is 0.600. The van der Waals surface area contributed by atoms with E-state index < -0.39 is 5.97 Å². The molecule has 0 aliphatic heterocycles. The van der Waals surface area contributed by atoms with Gasteiger partial charge in [-0.1, -0.05) is 23.7 Å². The Hall–Kier alpha value is -1.75. The Kier molecular flexibility index (Phi) is 6.41. The minimum Gasteiger partial charge on any atom is -0.481 e. The average molecular weight is 379 g/mol. The number of carbonyl (C=O) groups is 2. The monoisotopic (exact) mass is 378 g/mol. The number of hydrogen-bond donors (Lipinski definition) is 2. The maximum absolute atomic E-state index is 12.7. The largest absolute Gasteiger partial charge is 0.481 e. The molecular weight excluding hydrogens is 352 g/mol. The summed E-state index contributed by atoms with van der Waals surface area (Å²) in [6.45, 7) is 1.50. The molecule has 0 saturated heterocycles. The van der Waals surface area contributed by atoms with Crippen LogP contribution in [0.1, 0.15) is 44.1 Å². The number of carboxylic acid groups (broad SMARTS) is 1. The summed E-state index contributed by atoms with van der Waals surface area (Å²) < 4.78 is 0. The van der Waals surface area contributed by atoms with Gasteiger partial charge in [0, 0.05) is 24.2 Å². The van der Waals surface area contributed by atoms with E-state index in [1.54, 1.807) is 0 Å². The first-order valence-corrected chi connectivity index (χ1v) is 9.91. The number of amides is 2. The van der Waals surface area contributed by atoms with Gasteiger partial charge in [-0.3, -0.25) is 4.79 Å². The molecule has 6 heteroatoms. The minimum atomic E-state index is -0.715. The molecule has 1 aromatic carbocycles. The van der Waals surface area contributed by atoms with Crippen molar-refractivity contribution in [3.63, 3.8) is 0 Å². The topological polar surface area (TPSA) is 69.6 Å². The van der Waals surface area contributed by atoms with E-state index in [9.17, 15) is 9.59 Å². The number of urea groups is 1. The predicted octanol–water partition coefficient (Wildman–Crippen LogP) is 3.95. The maximum atomic E-state index is 12.7. The van der Waals surface area contributed by atoms with Gasteiger partial charge >= 0.3 is 12.0 Å². The smallest absolute Gasteiger partial charge is 0.317 e. The summed E-state index contributed by atoms with van der Waals surface area (Å²) in [6, 6.07) is 7.84. The van der Waals surface area contributed by atoms with E-state index in [1.807, 2.05) is 29.2 Å². The van der Waals surface area contributed by atoms with E-state index in [1.165, 1.54) is 18.4 Å². The molecule has 3 rings (SSSR count). The first kappa shape index (κ1) is 19.0. The van der Waals surface area contributed by atoms with Crippen molar-refractivity contribution in [3.8, 4) is 0 Å². The van der Waals surface area contributed by atoms with Crippen molar-refractivity contribution in [3.05, 3.63) is 34.9 Å². The van der Waals surface area contributed by atoms with Crippen LogP contribution in [0.5, 0.6) is 0 Å². The number of halogens is 1. The predicted molar refractivity (Wildman–Crippen MR) is 101 cm³/mol. The van der Waals surface area contributed by atoms with Crippen LogP contribution in [0, 0.1) is 11.8 Å². The Balaban J connectivity index is 1.50. The molecule has 0 unspecified atom stereocenters. The van der Waals surface area contributed by atoms with Crippen LogP contribution >= 0.6 is 11.6 Å². The van der Waals surface area contributed by atoms with E-state index >= 15 is 0 Å². The van der Waals surface area contributed by atoms with E-state index in [-0.39, 0.29) is 18.0 Å². The molecule has 1 aromatic rings. The third-order valence-electron chi connectivity index (χ3n) is 5.45. The van der Waals surface area contributed by atoms with Gasteiger partial charge in [0.2, 0.25) is 0 Å². The molecule has 2 saturated carbocycles. The van der Waals surface area contributed by atoms with Crippen LogP contribution in [-0.2, 0) is 11.2 Å². The highest BCUT2D eigenvalue weighted by atomic mass is 35.5. The van der Waals surface area contributed by atoms with Gasteiger partial charge in [-0.15, -0.1) is 0 Å². The Bertz CT molecular complexity index is 622. The number of carbonyl (C=O) groups excluding carboxylic acids is 1. The number of hydrogen-bond acceptors (Lipinski definition) is 2. The minimum absolute atomic E-state index is 0.00959. The number of aliphatic carboxylic acids is 1. The molecule has 0 spiro atoms. The summed E-state index contributed by atoms with van der Waals surface area (Å²) >= 11 is 5.93. The highest BCUT2D eigenvalue weighted by molar-refractivity contribution is 6.30. The standard InChI is InChI=1S/C20H27ClN2O3/c21-17-7-3-14(4-8-17)11-12-23(13-15-1-2-15)20(26)22-18-9-5-16(6-10-18)19(24)25/h3-4,7-8,15-16,18H,1-2,5-6,9-13H2,(H,22,26)(H,24,25). The van der Waals surface area contributed by atoms with Crippen molar-refractivity contribution < 1.29 is 14.7 Å². The van der Waals surface area contributed by atoms with Gasteiger partial charge in [0.1, 0.15) is 0 Å². The second-order valence-electron chi connectivity index (χ2n) is 7.60. The molecule has 0 radical (unpaired) electrons. The van der Waals surface area contributed by atoms with Crippen LogP contribution in [0.2, 0.25) is 5.02 Å². The second-order valence-corrected chi connectivity index (χ2v) is 8.04. The van der Waals surface area contributed by atoms with Gasteiger partial charge in [0.05, 0.1) is 5.92 Å². The van der Waals surface area contributed by atoms with E-state index in [2.05, 4.69) is 5.32 Å². The summed E-state index contributed by atoms with van der Waals surface area (Å²) in [5.74, 6) is -0.336. The van der Waals surface area contributed by atoms with Gasteiger partial charge in [0.25, 0.3) is 0 Å². The summed E-state index contributed by atoms with van der Waals surface area (Å²) in [7, 11) is 0. The van der Waals surface area contributed by atoms with Crippen molar-refractivity contribution in [1.29, 1.82) is 0 Å². The van der Waals surface area contributed by atoms with Crippen LogP contribution in [0.4, 0.5) is 4.79 Å². The van der Waals surface area contributed by atoms with Crippen molar-refractivity contribution in [2.45, 2.75) is 51.0 Å². The highest BCUT2D eigenvalue weighted by Crippen LogP contribution is 2.30. The van der Waals surface area contributed by atoms with Crippen LogP contribution in [0.25, 0.3) is 0 Å². The Morgan fingerprint density at radius 1 is 1.08 bits per heavy atom. The summed E-state index contributed by atoms with van der Waals surface area (Å²) in [5.41, 5.74) is 1.17. The molecule has 5 nitrogen and oxygen atoms in total. The molecule has 2 amide bonds.